The zero-order valence-corrected chi connectivity index (χ0v) is 13.3. The van der Waals surface area contributed by atoms with Gasteiger partial charge in [0.1, 0.15) is 4.75 Å². The lowest BCUT2D eigenvalue weighted by molar-refractivity contribution is -0.134. The van der Waals surface area contributed by atoms with Crippen LogP contribution in [-0.2, 0) is 14.6 Å². The summed E-state index contributed by atoms with van der Waals surface area (Å²) in [6.07, 6.45) is 4.94. The lowest BCUT2D eigenvalue weighted by Crippen LogP contribution is -2.54. The van der Waals surface area contributed by atoms with Crippen molar-refractivity contribution in [1.82, 2.24) is 4.90 Å². The molecule has 1 rings (SSSR count). The van der Waals surface area contributed by atoms with E-state index in [4.69, 9.17) is 18.0 Å². The van der Waals surface area contributed by atoms with Crippen molar-refractivity contribution in [3.8, 4) is 0 Å². The fourth-order valence-electron chi connectivity index (χ4n) is 2.25. The van der Waals surface area contributed by atoms with Crippen LogP contribution < -0.4 is 5.73 Å². The average molecular weight is 306 g/mol. The Morgan fingerprint density at radius 1 is 1.37 bits per heavy atom. The van der Waals surface area contributed by atoms with Gasteiger partial charge in [-0.25, -0.2) is 8.42 Å². The normalized spacial score (nSPS) is 17.4. The summed E-state index contributed by atoms with van der Waals surface area (Å²) in [4.78, 5) is 14.3. The van der Waals surface area contributed by atoms with Crippen molar-refractivity contribution < 1.29 is 13.2 Å². The van der Waals surface area contributed by atoms with Crippen molar-refractivity contribution in [2.75, 3.05) is 12.8 Å². The molecular formula is C12H22N2O3S2. The molecule has 110 valence electrons. The Bertz CT molecular complexity index is 465. The molecule has 19 heavy (non-hydrogen) atoms. The van der Waals surface area contributed by atoms with Gasteiger partial charge in [-0.05, 0) is 26.7 Å². The number of carbonyl (C=O) groups excluding carboxylic acids is 1. The van der Waals surface area contributed by atoms with Crippen LogP contribution >= 0.6 is 12.2 Å². The van der Waals surface area contributed by atoms with E-state index in [-0.39, 0.29) is 17.6 Å². The number of carbonyl (C=O) groups is 1. The second-order valence-electron chi connectivity index (χ2n) is 5.62. The Morgan fingerprint density at radius 2 is 1.84 bits per heavy atom. The van der Waals surface area contributed by atoms with E-state index in [9.17, 15) is 13.2 Å². The van der Waals surface area contributed by atoms with Crippen molar-refractivity contribution in [3.05, 3.63) is 0 Å². The Hall–Kier alpha value is -0.690. The summed E-state index contributed by atoms with van der Waals surface area (Å²) in [6, 6.07) is 0.0509. The maximum atomic E-state index is 12.6. The predicted octanol–water partition coefficient (Wildman–Crippen LogP) is 0.867. The molecule has 5 nitrogen and oxygen atoms in total. The van der Waals surface area contributed by atoms with Crippen LogP contribution in [0.15, 0.2) is 0 Å². The highest BCUT2D eigenvalue weighted by Gasteiger charge is 2.43. The molecule has 0 aliphatic heterocycles. The van der Waals surface area contributed by atoms with E-state index in [1.807, 2.05) is 0 Å². The lowest BCUT2D eigenvalue weighted by atomic mass is 10.1. The molecule has 0 aromatic carbocycles. The summed E-state index contributed by atoms with van der Waals surface area (Å²) in [7, 11) is -3.49. The van der Waals surface area contributed by atoms with Crippen molar-refractivity contribution in [3.63, 3.8) is 0 Å². The molecule has 1 aliphatic carbocycles. The number of thiocarbonyl (C=S) groups is 1. The number of rotatable bonds is 5. The first kappa shape index (κ1) is 16.4. The van der Waals surface area contributed by atoms with Gasteiger partial charge in [0.2, 0.25) is 5.91 Å². The van der Waals surface area contributed by atoms with Gasteiger partial charge in [0, 0.05) is 12.3 Å². The maximum absolute atomic E-state index is 12.6. The van der Waals surface area contributed by atoms with Crippen molar-refractivity contribution in [2.45, 2.75) is 50.3 Å². The Morgan fingerprint density at radius 3 is 2.21 bits per heavy atom. The topological polar surface area (TPSA) is 80.5 Å². The minimum absolute atomic E-state index is 0.0509. The van der Waals surface area contributed by atoms with Crippen LogP contribution in [0, 0.1) is 0 Å². The highest BCUT2D eigenvalue weighted by Crippen LogP contribution is 2.27. The molecule has 0 atom stereocenters. The molecule has 0 saturated heterocycles. The number of hydrogen-bond donors (Lipinski definition) is 1. The van der Waals surface area contributed by atoms with E-state index in [0.29, 0.717) is 0 Å². The molecule has 0 spiro atoms. The molecule has 0 aromatic rings. The summed E-state index contributed by atoms with van der Waals surface area (Å²) in [5, 5.41) is 0. The van der Waals surface area contributed by atoms with Crippen LogP contribution in [0.25, 0.3) is 0 Å². The van der Waals surface area contributed by atoms with Gasteiger partial charge in [-0.2, -0.15) is 0 Å². The van der Waals surface area contributed by atoms with Gasteiger partial charge in [-0.3, -0.25) is 4.79 Å². The smallest absolute Gasteiger partial charge is 0.244 e. The first-order valence-electron chi connectivity index (χ1n) is 6.36. The van der Waals surface area contributed by atoms with E-state index in [1.165, 1.54) is 13.8 Å². The predicted molar refractivity (Wildman–Crippen MR) is 79.7 cm³/mol. The van der Waals surface area contributed by atoms with Gasteiger partial charge in [0.15, 0.2) is 9.84 Å². The SMILES string of the molecule is CC(C)(C(=O)N(CC(N)=S)C1CCCC1)S(C)(=O)=O. The average Bonchev–Trinajstić information content (AvgIpc) is 2.76. The first-order valence-corrected chi connectivity index (χ1v) is 8.66. The zero-order chi connectivity index (χ0) is 14.8. The van der Waals surface area contributed by atoms with Gasteiger partial charge in [-0.1, -0.05) is 25.1 Å². The second kappa shape index (κ2) is 5.75. The zero-order valence-electron chi connectivity index (χ0n) is 11.7. The molecular weight excluding hydrogens is 284 g/mol. The fourth-order valence-corrected chi connectivity index (χ4v) is 2.83. The third-order valence-electron chi connectivity index (χ3n) is 3.79. The Balaban J connectivity index is 3.03. The standard InChI is InChI=1S/C12H22N2O3S2/c1-12(2,19(3,16)17)11(15)14(8-10(13)18)9-6-4-5-7-9/h9H,4-8H2,1-3H3,(H2,13,18). The largest absolute Gasteiger partial charge is 0.392 e. The van der Waals surface area contributed by atoms with Crippen LogP contribution in [-0.4, -0.2) is 47.8 Å². The third kappa shape index (κ3) is 3.66. The molecule has 0 heterocycles. The Kier molecular flexibility index (Phi) is 4.95. The van der Waals surface area contributed by atoms with Crippen LogP contribution in [0.3, 0.4) is 0 Å². The lowest BCUT2D eigenvalue weighted by Gasteiger charge is -2.34. The van der Waals surface area contributed by atoms with E-state index in [2.05, 4.69) is 0 Å². The van der Waals surface area contributed by atoms with Gasteiger partial charge >= 0.3 is 0 Å². The monoisotopic (exact) mass is 306 g/mol. The fraction of sp³-hybridized carbons (Fsp3) is 0.833. The molecule has 7 heteroatoms. The maximum Gasteiger partial charge on any atom is 0.244 e. The molecule has 0 aromatic heterocycles. The summed E-state index contributed by atoms with van der Waals surface area (Å²) < 4.78 is 22.1. The minimum Gasteiger partial charge on any atom is -0.392 e. The van der Waals surface area contributed by atoms with Crippen LogP contribution in [0.1, 0.15) is 39.5 Å². The van der Waals surface area contributed by atoms with Crippen LogP contribution in [0.5, 0.6) is 0 Å². The molecule has 0 unspecified atom stereocenters. The third-order valence-corrected chi connectivity index (χ3v) is 5.95. The summed E-state index contributed by atoms with van der Waals surface area (Å²) >= 11 is 4.88. The molecule has 1 amide bonds. The second-order valence-corrected chi connectivity index (χ2v) is 8.71. The number of nitrogens with zero attached hydrogens (tertiary/aromatic N) is 1. The Labute approximate surface area is 120 Å². The van der Waals surface area contributed by atoms with Crippen molar-refractivity contribution in [2.24, 2.45) is 5.73 Å². The molecule has 2 N–H and O–H groups in total. The summed E-state index contributed by atoms with van der Waals surface area (Å²) in [5.74, 6) is -0.408. The number of hydrogen-bond acceptors (Lipinski definition) is 4. The molecule has 1 fully saturated rings. The molecule has 1 saturated carbocycles. The number of sulfone groups is 1. The van der Waals surface area contributed by atoms with Gasteiger partial charge in [-0.15, -0.1) is 0 Å². The van der Waals surface area contributed by atoms with Gasteiger partial charge < -0.3 is 10.6 Å². The number of nitrogens with two attached hydrogens (primary N) is 1. The van der Waals surface area contributed by atoms with Gasteiger partial charge in [0.25, 0.3) is 0 Å². The van der Waals surface area contributed by atoms with E-state index >= 15 is 0 Å². The first-order chi connectivity index (χ1) is 8.57. The summed E-state index contributed by atoms with van der Waals surface area (Å²) in [6.45, 7) is 3.02. The summed E-state index contributed by atoms with van der Waals surface area (Å²) in [5.41, 5.74) is 5.54. The molecule has 0 bridgehead atoms. The van der Waals surface area contributed by atoms with Gasteiger partial charge in [0.05, 0.1) is 11.5 Å². The van der Waals surface area contributed by atoms with Crippen molar-refractivity contribution >= 4 is 33.0 Å². The molecule has 1 aliphatic rings. The molecule has 0 radical (unpaired) electrons. The highest BCUT2D eigenvalue weighted by molar-refractivity contribution is 7.92. The van der Waals surface area contributed by atoms with E-state index in [1.54, 1.807) is 4.90 Å². The van der Waals surface area contributed by atoms with E-state index < -0.39 is 20.5 Å². The number of amides is 1. The minimum atomic E-state index is -3.49. The van der Waals surface area contributed by atoms with Crippen LogP contribution in [0.2, 0.25) is 0 Å². The quantitative estimate of drug-likeness (QED) is 0.762. The highest BCUT2D eigenvalue weighted by atomic mass is 32.2. The van der Waals surface area contributed by atoms with E-state index in [0.717, 1.165) is 31.9 Å². The van der Waals surface area contributed by atoms with Crippen LogP contribution in [0.4, 0.5) is 0 Å². The van der Waals surface area contributed by atoms with Crippen molar-refractivity contribution in [1.29, 1.82) is 0 Å².